The van der Waals surface area contributed by atoms with Crippen molar-refractivity contribution in [2.24, 2.45) is 0 Å². The number of hydrogen-bond acceptors (Lipinski definition) is 2. The molecule has 0 radical (unpaired) electrons. The van der Waals surface area contributed by atoms with Crippen molar-refractivity contribution in [1.82, 2.24) is 4.98 Å². The summed E-state index contributed by atoms with van der Waals surface area (Å²) >= 11 is 0. The van der Waals surface area contributed by atoms with Crippen LogP contribution in [0.1, 0.15) is 0 Å². The minimum atomic E-state index is 0.626. The average molecular weight is 417 g/mol. The van der Waals surface area contributed by atoms with Gasteiger partial charge in [0.15, 0.2) is 0 Å². The van der Waals surface area contributed by atoms with Gasteiger partial charge in [0.25, 0.3) is 0 Å². The van der Waals surface area contributed by atoms with Crippen LogP contribution in [0.5, 0.6) is 5.75 Å². The van der Waals surface area contributed by atoms with Gasteiger partial charge in [-0.3, -0.25) is 4.98 Å². The maximum atomic E-state index is 5.51. The lowest BCUT2D eigenvalue weighted by atomic mass is 9.99. The zero-order chi connectivity index (χ0) is 22.7. The van der Waals surface area contributed by atoms with Crippen LogP contribution in [0.4, 0.5) is 0 Å². The van der Waals surface area contributed by atoms with Crippen LogP contribution in [0.2, 0.25) is 0 Å². The highest BCUT2D eigenvalue weighted by atomic mass is 16.5. The largest absolute Gasteiger partial charge is 0.407 e. The Kier molecular flexibility index (Phi) is 6.74. The van der Waals surface area contributed by atoms with E-state index in [4.69, 9.17) is 11.2 Å². The molecule has 2 heteroatoms. The maximum Gasteiger partial charge on any atom is 0.140 e. The number of nitrogens with zero attached hydrogens (tertiary/aromatic N) is 1. The molecule has 0 atom stereocenters. The second-order valence-electron chi connectivity index (χ2n) is 6.71. The van der Waals surface area contributed by atoms with Crippen molar-refractivity contribution in [2.75, 3.05) is 0 Å². The third kappa shape index (κ3) is 5.43. The molecule has 2 nitrogen and oxygen atoms in total. The van der Waals surface area contributed by atoms with Crippen LogP contribution in [0.15, 0.2) is 85.1 Å². The van der Waals surface area contributed by atoms with Gasteiger partial charge < -0.3 is 4.74 Å². The van der Waals surface area contributed by atoms with E-state index in [2.05, 4.69) is 88.8 Å². The number of aromatic nitrogens is 1. The molecule has 0 saturated carbocycles. The SMILES string of the molecule is C#CC#CC#CC#CC#COc1cccc(-c2cccc(-c3nccc4ccccc34)c2)c1. The molecule has 33 heavy (non-hydrogen) atoms. The number of fused-ring (bicyclic) bond motifs is 1. The Balaban J connectivity index is 1.55. The fourth-order valence-corrected chi connectivity index (χ4v) is 3.24. The van der Waals surface area contributed by atoms with Crippen molar-refractivity contribution in [3.63, 3.8) is 0 Å². The first-order valence-corrected chi connectivity index (χ1v) is 10.0. The summed E-state index contributed by atoms with van der Waals surface area (Å²) in [4.78, 5) is 4.63. The summed E-state index contributed by atoms with van der Waals surface area (Å²) < 4.78 is 5.51. The minimum absolute atomic E-state index is 0.626. The number of ether oxygens (including phenoxy) is 1. The van der Waals surface area contributed by atoms with Crippen molar-refractivity contribution in [1.29, 1.82) is 0 Å². The quantitative estimate of drug-likeness (QED) is 0.408. The molecular weight excluding hydrogens is 402 g/mol. The molecule has 0 aliphatic heterocycles. The highest BCUT2D eigenvalue weighted by molar-refractivity contribution is 5.95. The fourth-order valence-electron chi connectivity index (χ4n) is 3.24. The number of hydrogen-bond donors (Lipinski definition) is 0. The highest BCUT2D eigenvalue weighted by Gasteiger charge is 2.07. The zero-order valence-corrected chi connectivity index (χ0v) is 17.5. The molecule has 0 spiro atoms. The zero-order valence-electron chi connectivity index (χ0n) is 17.5. The van der Waals surface area contributed by atoms with Gasteiger partial charge in [0.05, 0.1) is 5.69 Å². The number of pyridine rings is 1. The van der Waals surface area contributed by atoms with Crippen molar-refractivity contribution >= 4 is 10.8 Å². The third-order valence-electron chi connectivity index (χ3n) is 4.64. The first kappa shape index (κ1) is 20.9. The summed E-state index contributed by atoms with van der Waals surface area (Å²) in [7, 11) is 0. The molecule has 0 bridgehead atoms. The summed E-state index contributed by atoms with van der Waals surface area (Å²) in [5, 5.41) is 2.29. The maximum absolute atomic E-state index is 5.51. The standard InChI is InChI=1S/C31H15NO/c1-2-3-4-5-6-7-8-11-22-33-29-18-13-16-27(24-29)26-15-12-17-28(23-26)31-30-19-10-9-14-25(30)20-21-32-31/h1,9-10,12-21,23-24H. The van der Waals surface area contributed by atoms with Gasteiger partial charge in [-0.25, -0.2) is 0 Å². The highest BCUT2D eigenvalue weighted by Crippen LogP contribution is 2.31. The molecule has 1 aromatic heterocycles. The molecule has 0 aliphatic rings. The molecule has 0 aliphatic carbocycles. The van der Waals surface area contributed by atoms with Crippen molar-refractivity contribution in [3.8, 4) is 88.0 Å². The Labute approximate surface area is 193 Å². The van der Waals surface area contributed by atoms with Crippen molar-refractivity contribution < 1.29 is 4.74 Å². The second kappa shape index (κ2) is 10.6. The predicted molar refractivity (Wildman–Crippen MR) is 133 cm³/mol. The molecule has 3 aromatic carbocycles. The number of benzene rings is 3. The van der Waals surface area contributed by atoms with E-state index in [1.165, 1.54) is 0 Å². The Morgan fingerprint density at radius 3 is 2.18 bits per heavy atom. The molecule has 4 aromatic rings. The Morgan fingerprint density at radius 2 is 1.33 bits per heavy atom. The number of rotatable bonds is 3. The van der Waals surface area contributed by atoms with Crippen LogP contribution in [0.3, 0.4) is 0 Å². The molecule has 0 amide bonds. The number of terminal acetylenes is 1. The van der Waals surface area contributed by atoms with E-state index in [0.717, 1.165) is 33.2 Å². The summed E-state index contributed by atoms with van der Waals surface area (Å²) in [5.74, 6) is 20.4. The van der Waals surface area contributed by atoms with Gasteiger partial charge in [0.1, 0.15) is 11.9 Å². The first-order valence-electron chi connectivity index (χ1n) is 10.0. The lowest BCUT2D eigenvalue weighted by Crippen LogP contribution is -1.88. The van der Waals surface area contributed by atoms with E-state index >= 15 is 0 Å². The van der Waals surface area contributed by atoms with Gasteiger partial charge in [0, 0.05) is 40.8 Å². The van der Waals surface area contributed by atoms with E-state index in [-0.39, 0.29) is 0 Å². The minimum Gasteiger partial charge on any atom is -0.407 e. The lowest BCUT2D eigenvalue weighted by molar-refractivity contribution is 0.520. The molecule has 0 unspecified atom stereocenters. The van der Waals surface area contributed by atoms with E-state index < -0.39 is 0 Å². The fraction of sp³-hybridized carbons (Fsp3) is 0. The van der Waals surface area contributed by atoms with Crippen LogP contribution in [0, 0.1) is 59.9 Å². The molecule has 4 rings (SSSR count). The molecule has 1 heterocycles. The van der Waals surface area contributed by atoms with E-state index in [1.807, 2.05) is 54.7 Å². The topological polar surface area (TPSA) is 22.1 Å². The van der Waals surface area contributed by atoms with Crippen LogP contribution >= 0.6 is 0 Å². The summed E-state index contributed by atoms with van der Waals surface area (Å²) in [5.41, 5.74) is 4.09. The first-order chi connectivity index (χ1) is 16.3. The van der Waals surface area contributed by atoms with Gasteiger partial charge >= 0.3 is 0 Å². The van der Waals surface area contributed by atoms with Crippen molar-refractivity contribution in [2.45, 2.75) is 0 Å². The molecular formula is C31H15NO. The average Bonchev–Trinajstić information content (AvgIpc) is 2.87. The molecule has 150 valence electrons. The van der Waals surface area contributed by atoms with Crippen LogP contribution in [0.25, 0.3) is 33.2 Å². The van der Waals surface area contributed by atoms with Gasteiger partial charge in [-0.1, -0.05) is 54.6 Å². The molecule has 0 saturated heterocycles. The molecule has 0 fully saturated rings. The van der Waals surface area contributed by atoms with Crippen molar-refractivity contribution in [3.05, 3.63) is 85.1 Å². The Morgan fingerprint density at radius 1 is 0.636 bits per heavy atom. The summed E-state index contributed by atoms with van der Waals surface area (Å²) in [6.07, 6.45) is 9.41. The van der Waals surface area contributed by atoms with Gasteiger partial charge in [0.2, 0.25) is 0 Å². The van der Waals surface area contributed by atoms with Crippen LogP contribution in [-0.2, 0) is 0 Å². The van der Waals surface area contributed by atoms with E-state index in [9.17, 15) is 0 Å². The van der Waals surface area contributed by atoms with Crippen LogP contribution < -0.4 is 4.74 Å². The predicted octanol–water partition coefficient (Wildman–Crippen LogP) is 5.55. The van der Waals surface area contributed by atoms with E-state index in [1.54, 1.807) is 0 Å². The normalized spacial score (nSPS) is 8.82. The van der Waals surface area contributed by atoms with Gasteiger partial charge in [-0.2, -0.15) is 0 Å². The monoisotopic (exact) mass is 417 g/mol. The van der Waals surface area contributed by atoms with Gasteiger partial charge in [-0.15, -0.1) is 6.42 Å². The Bertz CT molecular complexity index is 1620. The smallest absolute Gasteiger partial charge is 0.140 e. The molecule has 0 N–H and O–H groups in total. The summed E-state index contributed by atoms with van der Waals surface area (Å²) in [6, 6.07) is 26.3. The summed E-state index contributed by atoms with van der Waals surface area (Å²) in [6.45, 7) is 0. The third-order valence-corrected chi connectivity index (χ3v) is 4.64. The van der Waals surface area contributed by atoms with Crippen LogP contribution in [-0.4, -0.2) is 4.98 Å². The lowest BCUT2D eigenvalue weighted by Gasteiger charge is -2.09. The second-order valence-corrected chi connectivity index (χ2v) is 6.71. The van der Waals surface area contributed by atoms with Gasteiger partial charge in [-0.05, 0) is 64.5 Å². The van der Waals surface area contributed by atoms with E-state index in [0.29, 0.717) is 5.75 Å². The Hall–Kier alpha value is -5.33.